The molecule has 0 amide bonds. The minimum absolute atomic E-state index is 0.0769. The second-order valence-corrected chi connectivity index (χ2v) is 5.74. The van der Waals surface area contributed by atoms with Gasteiger partial charge in [-0.1, -0.05) is 0 Å². The fourth-order valence-electron chi connectivity index (χ4n) is 3.18. The van der Waals surface area contributed by atoms with E-state index in [0.717, 1.165) is 56.3 Å². The van der Waals surface area contributed by atoms with Gasteiger partial charge in [0.1, 0.15) is 0 Å². The number of nitrogens with one attached hydrogen (secondary N) is 1. The maximum Gasteiger partial charge on any atom is 0.162 e. The Labute approximate surface area is 125 Å². The first kappa shape index (κ1) is 14.5. The lowest BCUT2D eigenvalue weighted by atomic mass is 9.89. The van der Waals surface area contributed by atoms with E-state index < -0.39 is 0 Å². The van der Waals surface area contributed by atoms with Gasteiger partial charge in [0.25, 0.3) is 0 Å². The molecular formula is C16H23NO4. The molecule has 0 aromatic heterocycles. The van der Waals surface area contributed by atoms with E-state index in [4.69, 9.17) is 18.9 Å². The second-order valence-electron chi connectivity index (χ2n) is 5.74. The van der Waals surface area contributed by atoms with Gasteiger partial charge < -0.3 is 24.3 Å². The Bertz CT molecular complexity index is 485. The first-order valence-electron chi connectivity index (χ1n) is 7.45. The normalized spacial score (nSPS) is 28.6. The molecule has 2 aliphatic heterocycles. The molecule has 1 spiro atoms. The van der Waals surface area contributed by atoms with E-state index >= 15 is 0 Å². The molecule has 2 atom stereocenters. The summed E-state index contributed by atoms with van der Waals surface area (Å²) < 4.78 is 22.1. The largest absolute Gasteiger partial charge is 0.493 e. The number of hydrogen-bond donors (Lipinski definition) is 1. The monoisotopic (exact) mass is 293 g/mol. The number of benzene rings is 1. The summed E-state index contributed by atoms with van der Waals surface area (Å²) in [6.07, 6.45) is 2.99. The third-order valence-corrected chi connectivity index (χ3v) is 4.31. The van der Waals surface area contributed by atoms with Gasteiger partial charge in [0.05, 0.1) is 26.4 Å². The number of ether oxygens (including phenoxy) is 4. The zero-order chi connectivity index (χ0) is 14.7. The Morgan fingerprint density at radius 3 is 2.76 bits per heavy atom. The van der Waals surface area contributed by atoms with Gasteiger partial charge in [0.15, 0.2) is 11.5 Å². The van der Waals surface area contributed by atoms with E-state index in [1.165, 1.54) is 0 Å². The Kier molecular flexibility index (Phi) is 4.22. The van der Waals surface area contributed by atoms with Gasteiger partial charge in [-0.05, 0) is 25.0 Å². The lowest BCUT2D eigenvalue weighted by molar-refractivity contribution is -0.0828. The summed E-state index contributed by atoms with van der Waals surface area (Å²) in [5.74, 6) is 1.49. The number of methoxy groups -OCH3 is 2. The molecule has 2 aliphatic rings. The molecule has 2 unspecified atom stereocenters. The number of anilines is 1. The van der Waals surface area contributed by atoms with Crippen LogP contribution in [0, 0.1) is 0 Å². The number of hydrogen-bond acceptors (Lipinski definition) is 5. The first-order chi connectivity index (χ1) is 10.2. The van der Waals surface area contributed by atoms with Gasteiger partial charge in [-0.15, -0.1) is 0 Å². The quantitative estimate of drug-likeness (QED) is 0.924. The molecule has 2 fully saturated rings. The average Bonchev–Trinajstić information content (AvgIpc) is 2.95. The summed E-state index contributed by atoms with van der Waals surface area (Å²) in [5, 5.41) is 3.59. The summed E-state index contributed by atoms with van der Waals surface area (Å²) >= 11 is 0. The van der Waals surface area contributed by atoms with Crippen molar-refractivity contribution in [3.63, 3.8) is 0 Å². The molecule has 1 aromatic carbocycles. The Hall–Kier alpha value is -1.46. The summed E-state index contributed by atoms with van der Waals surface area (Å²) in [4.78, 5) is 0. The SMILES string of the molecule is COc1ccc(NC2CCOC3(CCOC3)C2)cc1OC. The van der Waals surface area contributed by atoms with Crippen molar-refractivity contribution in [2.45, 2.75) is 30.9 Å². The van der Waals surface area contributed by atoms with Crippen LogP contribution in [0.3, 0.4) is 0 Å². The van der Waals surface area contributed by atoms with E-state index in [0.29, 0.717) is 6.04 Å². The van der Waals surface area contributed by atoms with Crippen molar-refractivity contribution in [3.8, 4) is 11.5 Å². The predicted octanol–water partition coefficient (Wildman–Crippen LogP) is 2.45. The van der Waals surface area contributed by atoms with Crippen molar-refractivity contribution >= 4 is 5.69 Å². The minimum Gasteiger partial charge on any atom is -0.493 e. The molecule has 0 radical (unpaired) electrons. The van der Waals surface area contributed by atoms with Gasteiger partial charge in [0.2, 0.25) is 0 Å². The third kappa shape index (κ3) is 3.09. The first-order valence-corrected chi connectivity index (χ1v) is 7.45. The van der Waals surface area contributed by atoms with Crippen LogP contribution >= 0.6 is 0 Å². The molecule has 116 valence electrons. The van der Waals surface area contributed by atoms with E-state index in [1.807, 2.05) is 18.2 Å². The standard InChI is InChI=1S/C16H23NO4/c1-18-14-4-3-12(9-15(14)19-2)17-13-5-7-21-16(10-13)6-8-20-11-16/h3-4,9,13,17H,5-8,10-11H2,1-2H3. The lowest BCUT2D eigenvalue weighted by Crippen LogP contribution is -2.44. The van der Waals surface area contributed by atoms with Crippen molar-refractivity contribution in [2.24, 2.45) is 0 Å². The van der Waals surface area contributed by atoms with Crippen LogP contribution in [-0.4, -0.2) is 45.7 Å². The Morgan fingerprint density at radius 2 is 2.05 bits per heavy atom. The van der Waals surface area contributed by atoms with Crippen LogP contribution in [0.25, 0.3) is 0 Å². The smallest absolute Gasteiger partial charge is 0.162 e. The fraction of sp³-hybridized carbons (Fsp3) is 0.625. The summed E-state index contributed by atoms with van der Waals surface area (Å²) in [5.41, 5.74) is 0.973. The van der Waals surface area contributed by atoms with Crippen LogP contribution < -0.4 is 14.8 Å². The molecule has 1 N–H and O–H groups in total. The van der Waals surface area contributed by atoms with Gasteiger partial charge >= 0.3 is 0 Å². The second kappa shape index (κ2) is 6.12. The van der Waals surface area contributed by atoms with E-state index in [-0.39, 0.29) is 5.60 Å². The molecule has 5 nitrogen and oxygen atoms in total. The predicted molar refractivity (Wildman–Crippen MR) is 80.3 cm³/mol. The molecule has 0 bridgehead atoms. The van der Waals surface area contributed by atoms with Crippen LogP contribution in [-0.2, 0) is 9.47 Å². The van der Waals surface area contributed by atoms with Crippen molar-refractivity contribution in [1.82, 2.24) is 0 Å². The summed E-state index contributed by atoms with van der Waals surface area (Å²) in [6.45, 7) is 2.31. The van der Waals surface area contributed by atoms with Crippen molar-refractivity contribution in [3.05, 3.63) is 18.2 Å². The molecular weight excluding hydrogens is 270 g/mol. The topological polar surface area (TPSA) is 49.0 Å². The fourth-order valence-corrected chi connectivity index (χ4v) is 3.18. The minimum atomic E-state index is -0.0769. The molecule has 21 heavy (non-hydrogen) atoms. The van der Waals surface area contributed by atoms with Crippen LogP contribution in [0.2, 0.25) is 0 Å². The Balaban J connectivity index is 1.68. The molecule has 0 aliphatic carbocycles. The van der Waals surface area contributed by atoms with Gasteiger partial charge in [-0.3, -0.25) is 0 Å². The molecule has 3 rings (SSSR count). The highest BCUT2D eigenvalue weighted by molar-refractivity contribution is 5.55. The van der Waals surface area contributed by atoms with Crippen molar-refractivity contribution in [1.29, 1.82) is 0 Å². The summed E-state index contributed by atoms with van der Waals surface area (Å²) in [6, 6.07) is 6.33. The zero-order valence-corrected chi connectivity index (χ0v) is 12.7. The van der Waals surface area contributed by atoms with Crippen molar-refractivity contribution < 1.29 is 18.9 Å². The highest BCUT2D eigenvalue weighted by atomic mass is 16.6. The molecule has 5 heteroatoms. The lowest BCUT2D eigenvalue weighted by Gasteiger charge is -2.37. The third-order valence-electron chi connectivity index (χ3n) is 4.31. The van der Waals surface area contributed by atoms with Crippen molar-refractivity contribution in [2.75, 3.05) is 39.4 Å². The molecule has 0 saturated carbocycles. The highest BCUT2D eigenvalue weighted by Crippen LogP contribution is 2.35. The molecule has 1 aromatic rings. The molecule has 2 heterocycles. The van der Waals surface area contributed by atoms with E-state index in [1.54, 1.807) is 14.2 Å². The average molecular weight is 293 g/mol. The zero-order valence-electron chi connectivity index (χ0n) is 12.7. The van der Waals surface area contributed by atoms with Crippen LogP contribution in [0.5, 0.6) is 11.5 Å². The van der Waals surface area contributed by atoms with Crippen LogP contribution in [0.15, 0.2) is 18.2 Å². The maximum absolute atomic E-state index is 5.97. The van der Waals surface area contributed by atoms with Crippen LogP contribution in [0.4, 0.5) is 5.69 Å². The van der Waals surface area contributed by atoms with Crippen LogP contribution in [0.1, 0.15) is 19.3 Å². The summed E-state index contributed by atoms with van der Waals surface area (Å²) in [7, 11) is 3.30. The van der Waals surface area contributed by atoms with Gasteiger partial charge in [-0.25, -0.2) is 0 Å². The maximum atomic E-state index is 5.97. The number of rotatable bonds is 4. The Morgan fingerprint density at radius 1 is 1.19 bits per heavy atom. The van der Waals surface area contributed by atoms with Gasteiger partial charge in [-0.2, -0.15) is 0 Å². The highest BCUT2D eigenvalue weighted by Gasteiger charge is 2.40. The molecule has 2 saturated heterocycles. The van der Waals surface area contributed by atoms with E-state index in [2.05, 4.69) is 5.32 Å². The van der Waals surface area contributed by atoms with Gasteiger partial charge in [0, 0.05) is 37.4 Å². The van der Waals surface area contributed by atoms with E-state index in [9.17, 15) is 0 Å².